The fraction of sp³-hybridized carbons (Fsp3) is 0.280. The predicted molar refractivity (Wildman–Crippen MR) is 128 cm³/mol. The lowest BCUT2D eigenvalue weighted by atomic mass is 10.1. The van der Waals surface area contributed by atoms with Crippen LogP contribution in [0.2, 0.25) is 10.0 Å². The van der Waals surface area contributed by atoms with Crippen LogP contribution in [0.25, 0.3) is 0 Å². The lowest BCUT2D eigenvalue weighted by Crippen LogP contribution is -2.46. The van der Waals surface area contributed by atoms with Crippen molar-refractivity contribution in [2.75, 3.05) is 13.2 Å². The van der Waals surface area contributed by atoms with Gasteiger partial charge < -0.3 is 9.47 Å². The van der Waals surface area contributed by atoms with E-state index in [9.17, 15) is 0 Å². The number of nitrogens with one attached hydrogen (secondary N) is 2. The van der Waals surface area contributed by atoms with Gasteiger partial charge in [-0.3, -0.25) is 10.6 Å². The van der Waals surface area contributed by atoms with Gasteiger partial charge in [0, 0.05) is 27.7 Å². The molecule has 2 unspecified atom stereocenters. The van der Waals surface area contributed by atoms with E-state index in [0.717, 1.165) is 17.1 Å². The zero-order valence-corrected chi connectivity index (χ0v) is 19.2. The van der Waals surface area contributed by atoms with Gasteiger partial charge in [0.25, 0.3) is 0 Å². The highest BCUT2D eigenvalue weighted by Gasteiger charge is 2.20. The minimum atomic E-state index is -0.200. The molecule has 0 amide bonds. The second-order valence-electron chi connectivity index (χ2n) is 7.48. The quantitative estimate of drug-likeness (QED) is 0.340. The van der Waals surface area contributed by atoms with E-state index in [1.807, 2.05) is 72.8 Å². The van der Waals surface area contributed by atoms with Crippen LogP contribution >= 0.6 is 23.2 Å². The first-order valence-corrected chi connectivity index (χ1v) is 11.1. The first kappa shape index (κ1) is 23.4. The van der Waals surface area contributed by atoms with Crippen LogP contribution in [-0.4, -0.2) is 25.3 Å². The summed E-state index contributed by atoms with van der Waals surface area (Å²) in [5.74, 6) is 1.68. The number of para-hydroxylation sites is 2. The highest BCUT2D eigenvalue weighted by molar-refractivity contribution is 6.35. The molecule has 0 heterocycles. The van der Waals surface area contributed by atoms with E-state index in [1.54, 1.807) is 6.07 Å². The summed E-state index contributed by atoms with van der Waals surface area (Å²) in [7, 11) is 0. The third-order valence-electron chi connectivity index (χ3n) is 4.66. The zero-order valence-electron chi connectivity index (χ0n) is 17.7. The van der Waals surface area contributed by atoms with Gasteiger partial charge in [0.05, 0.1) is 6.17 Å². The van der Waals surface area contributed by atoms with Crippen LogP contribution in [-0.2, 0) is 0 Å². The standard InChI is InChI=1S/C25H28Cl2N2O2/c1-18(16-30-21-9-5-3-6-10-21)28-25(23-14-13-20(26)15-24(23)27)29-19(2)17-31-22-11-7-4-8-12-22/h3-15,18-19,25,28-29H,16-17H2,1-2H3. The van der Waals surface area contributed by atoms with Crippen molar-refractivity contribution in [1.29, 1.82) is 0 Å². The summed E-state index contributed by atoms with van der Waals surface area (Å²) in [6.45, 7) is 5.18. The van der Waals surface area contributed by atoms with E-state index < -0.39 is 0 Å². The summed E-state index contributed by atoms with van der Waals surface area (Å²) in [6, 6.07) is 25.2. The van der Waals surface area contributed by atoms with Crippen molar-refractivity contribution in [2.24, 2.45) is 0 Å². The van der Waals surface area contributed by atoms with Gasteiger partial charge >= 0.3 is 0 Å². The average molecular weight is 459 g/mol. The molecule has 0 aromatic heterocycles. The maximum Gasteiger partial charge on any atom is 0.119 e. The van der Waals surface area contributed by atoms with Crippen LogP contribution in [0.3, 0.4) is 0 Å². The second-order valence-corrected chi connectivity index (χ2v) is 8.33. The first-order chi connectivity index (χ1) is 15.0. The Morgan fingerprint density at radius 2 is 1.19 bits per heavy atom. The van der Waals surface area contributed by atoms with Crippen molar-refractivity contribution < 1.29 is 9.47 Å². The summed E-state index contributed by atoms with van der Waals surface area (Å²) in [5, 5.41) is 8.35. The van der Waals surface area contributed by atoms with Crippen LogP contribution in [0.15, 0.2) is 78.9 Å². The molecule has 0 saturated carbocycles. The summed E-state index contributed by atoms with van der Waals surface area (Å²) in [6.07, 6.45) is -0.200. The van der Waals surface area contributed by atoms with Crippen molar-refractivity contribution in [3.8, 4) is 11.5 Å². The van der Waals surface area contributed by atoms with Gasteiger partial charge in [-0.05, 0) is 50.2 Å². The summed E-state index contributed by atoms with van der Waals surface area (Å²) >= 11 is 12.6. The molecule has 0 aliphatic rings. The number of hydrogen-bond donors (Lipinski definition) is 2. The fourth-order valence-electron chi connectivity index (χ4n) is 3.10. The van der Waals surface area contributed by atoms with Crippen LogP contribution in [0.5, 0.6) is 11.5 Å². The van der Waals surface area contributed by atoms with E-state index in [1.165, 1.54) is 0 Å². The molecule has 0 bridgehead atoms. The minimum absolute atomic E-state index is 0.0618. The van der Waals surface area contributed by atoms with Crippen molar-refractivity contribution in [3.05, 3.63) is 94.5 Å². The summed E-state index contributed by atoms with van der Waals surface area (Å²) in [5.41, 5.74) is 0.921. The second kappa shape index (κ2) is 12.0. The lowest BCUT2D eigenvalue weighted by molar-refractivity contribution is 0.223. The molecule has 3 aromatic rings. The third-order valence-corrected chi connectivity index (χ3v) is 5.22. The first-order valence-electron chi connectivity index (χ1n) is 10.3. The number of rotatable bonds is 11. The Labute approximate surface area is 194 Å². The largest absolute Gasteiger partial charge is 0.492 e. The fourth-order valence-corrected chi connectivity index (χ4v) is 3.62. The van der Waals surface area contributed by atoms with Crippen LogP contribution in [0, 0.1) is 0 Å². The van der Waals surface area contributed by atoms with Crippen molar-refractivity contribution in [2.45, 2.75) is 32.1 Å². The SMILES string of the molecule is CC(COc1ccccc1)NC(NC(C)COc1ccccc1)c1ccc(Cl)cc1Cl. The molecule has 2 N–H and O–H groups in total. The highest BCUT2D eigenvalue weighted by atomic mass is 35.5. The molecule has 0 aliphatic heterocycles. The van der Waals surface area contributed by atoms with E-state index >= 15 is 0 Å². The average Bonchev–Trinajstić information content (AvgIpc) is 2.77. The zero-order chi connectivity index (χ0) is 22.1. The molecule has 4 nitrogen and oxygen atoms in total. The molecule has 0 saturated heterocycles. The molecule has 31 heavy (non-hydrogen) atoms. The van der Waals surface area contributed by atoms with Gasteiger partial charge in [-0.15, -0.1) is 0 Å². The van der Waals surface area contributed by atoms with Crippen molar-refractivity contribution in [3.63, 3.8) is 0 Å². The number of hydrogen-bond acceptors (Lipinski definition) is 4. The number of ether oxygens (including phenoxy) is 2. The monoisotopic (exact) mass is 458 g/mol. The number of benzene rings is 3. The van der Waals surface area contributed by atoms with E-state index in [4.69, 9.17) is 32.7 Å². The minimum Gasteiger partial charge on any atom is -0.492 e. The molecule has 6 heteroatoms. The van der Waals surface area contributed by atoms with Crippen LogP contribution < -0.4 is 20.1 Å². The Morgan fingerprint density at radius 1 is 0.710 bits per heavy atom. The Hall–Kier alpha value is -2.24. The lowest BCUT2D eigenvalue weighted by Gasteiger charge is -2.28. The summed E-state index contributed by atoms with van der Waals surface area (Å²) < 4.78 is 11.8. The molecule has 0 spiro atoms. The Kier molecular flexibility index (Phi) is 9.04. The summed E-state index contributed by atoms with van der Waals surface area (Å²) in [4.78, 5) is 0. The van der Waals surface area contributed by atoms with Gasteiger partial charge in [-0.1, -0.05) is 65.7 Å². The normalized spacial score (nSPS) is 13.9. The van der Waals surface area contributed by atoms with Gasteiger partial charge in [0.2, 0.25) is 0 Å². The molecule has 164 valence electrons. The third kappa shape index (κ3) is 7.75. The van der Waals surface area contributed by atoms with Crippen molar-refractivity contribution in [1.82, 2.24) is 10.6 Å². The Bertz CT molecular complexity index is 874. The highest BCUT2D eigenvalue weighted by Crippen LogP contribution is 2.26. The molecule has 0 aliphatic carbocycles. The van der Waals surface area contributed by atoms with Gasteiger partial charge in [-0.2, -0.15) is 0 Å². The topological polar surface area (TPSA) is 42.5 Å². The molecule has 3 rings (SSSR count). The van der Waals surface area contributed by atoms with E-state index in [2.05, 4.69) is 24.5 Å². The molecule has 0 radical (unpaired) electrons. The molecule has 2 atom stereocenters. The van der Waals surface area contributed by atoms with Crippen LogP contribution in [0.4, 0.5) is 0 Å². The molecule has 0 fully saturated rings. The maximum absolute atomic E-state index is 6.51. The molecular weight excluding hydrogens is 431 g/mol. The van der Waals surface area contributed by atoms with Gasteiger partial charge in [0.15, 0.2) is 0 Å². The number of halogens is 2. The van der Waals surface area contributed by atoms with Gasteiger partial charge in [0.1, 0.15) is 24.7 Å². The predicted octanol–water partition coefficient (Wildman–Crippen LogP) is 6.11. The smallest absolute Gasteiger partial charge is 0.119 e. The van der Waals surface area contributed by atoms with Crippen molar-refractivity contribution >= 4 is 23.2 Å². The maximum atomic E-state index is 6.51. The Balaban J connectivity index is 1.64. The van der Waals surface area contributed by atoms with E-state index in [0.29, 0.717) is 23.3 Å². The van der Waals surface area contributed by atoms with Gasteiger partial charge in [-0.25, -0.2) is 0 Å². The molecule has 3 aromatic carbocycles. The molecular formula is C25H28Cl2N2O2. The Morgan fingerprint density at radius 3 is 1.65 bits per heavy atom. The van der Waals surface area contributed by atoms with Crippen LogP contribution in [0.1, 0.15) is 25.6 Å². The van der Waals surface area contributed by atoms with E-state index in [-0.39, 0.29) is 18.2 Å².